The first-order chi connectivity index (χ1) is 11.4. The first-order valence-electron chi connectivity index (χ1n) is 7.40. The maximum atomic E-state index is 11.8. The van der Waals surface area contributed by atoms with Crippen LogP contribution in [0.4, 0.5) is 0 Å². The largest absolute Gasteiger partial charge is 0.476 e. The summed E-state index contributed by atoms with van der Waals surface area (Å²) in [4.78, 5) is 16.0. The highest BCUT2D eigenvalue weighted by molar-refractivity contribution is 7.82. The number of halogens is 1. The Morgan fingerprint density at radius 1 is 1.29 bits per heavy atom. The molecule has 0 bridgehead atoms. The summed E-state index contributed by atoms with van der Waals surface area (Å²) in [5.74, 6) is 0.421. The number of carbonyl (C=O) groups is 1. The second kappa shape index (κ2) is 8.26. The van der Waals surface area contributed by atoms with E-state index in [0.29, 0.717) is 29.0 Å². The van der Waals surface area contributed by atoms with Crippen LogP contribution < -0.4 is 9.46 Å². The van der Waals surface area contributed by atoms with Crippen LogP contribution in [-0.2, 0) is 11.0 Å². The van der Waals surface area contributed by atoms with Gasteiger partial charge in [-0.05, 0) is 29.7 Å². The van der Waals surface area contributed by atoms with E-state index in [1.807, 2.05) is 13.8 Å². The Balaban J connectivity index is 2.15. The molecular weight excluding hydrogens is 348 g/mol. The highest BCUT2D eigenvalue weighted by atomic mass is 35.5. The lowest BCUT2D eigenvalue weighted by molar-refractivity contribution is 0.0983. The molecule has 2 aromatic rings. The van der Waals surface area contributed by atoms with Crippen molar-refractivity contribution in [3.63, 3.8) is 0 Å². The predicted octanol–water partition coefficient (Wildman–Crippen LogP) is 3.46. The smallest absolute Gasteiger partial charge is 0.262 e. The molecule has 0 aliphatic rings. The molecular formula is C17H19ClN2O3S. The Morgan fingerprint density at radius 3 is 2.50 bits per heavy atom. The number of hydrogen-bond acceptors (Lipinski definition) is 4. The number of rotatable bonds is 6. The van der Waals surface area contributed by atoms with Gasteiger partial charge in [-0.2, -0.15) is 0 Å². The maximum absolute atomic E-state index is 11.8. The minimum Gasteiger partial charge on any atom is -0.476 e. The first-order valence-corrected chi connectivity index (χ1v) is 9.33. The molecule has 1 amide bonds. The SMILES string of the molecule is CC(C)COc1ncc(-c2ccc(C(=O)NS(C)=O)cc2)cc1Cl. The van der Waals surface area contributed by atoms with E-state index in [1.54, 1.807) is 36.5 Å². The molecule has 0 radical (unpaired) electrons. The monoisotopic (exact) mass is 366 g/mol. The summed E-state index contributed by atoms with van der Waals surface area (Å²) < 4.78 is 18.9. The topological polar surface area (TPSA) is 68.3 Å². The van der Waals surface area contributed by atoms with Crippen molar-refractivity contribution < 1.29 is 13.7 Å². The number of aromatic nitrogens is 1. The van der Waals surface area contributed by atoms with Gasteiger partial charge in [-0.25, -0.2) is 9.19 Å². The lowest BCUT2D eigenvalue weighted by atomic mass is 10.1. The van der Waals surface area contributed by atoms with Crippen LogP contribution in [0.3, 0.4) is 0 Å². The molecule has 1 N–H and O–H groups in total. The standard InChI is InChI=1S/C17H19ClN2O3S/c1-11(2)10-23-17-15(18)8-14(9-19-17)12-4-6-13(7-5-12)16(21)20-24(3)22/h4-9,11H,10H2,1-3H3,(H,20,21). The van der Waals surface area contributed by atoms with E-state index in [4.69, 9.17) is 16.3 Å². The van der Waals surface area contributed by atoms with Gasteiger partial charge in [0.25, 0.3) is 5.91 Å². The highest BCUT2D eigenvalue weighted by Crippen LogP contribution is 2.28. The summed E-state index contributed by atoms with van der Waals surface area (Å²) in [7, 11) is -1.39. The van der Waals surface area contributed by atoms with Gasteiger partial charge in [0.1, 0.15) is 16.0 Å². The van der Waals surface area contributed by atoms with Crippen molar-refractivity contribution in [3.8, 4) is 17.0 Å². The highest BCUT2D eigenvalue weighted by Gasteiger charge is 2.10. The molecule has 2 rings (SSSR count). The zero-order chi connectivity index (χ0) is 17.7. The minimum absolute atomic E-state index is 0.379. The van der Waals surface area contributed by atoms with E-state index in [9.17, 15) is 9.00 Å². The van der Waals surface area contributed by atoms with Gasteiger partial charge < -0.3 is 4.74 Å². The molecule has 24 heavy (non-hydrogen) atoms. The second-order valence-corrected chi connectivity index (χ2v) is 7.20. The Bertz CT molecular complexity index is 748. The van der Waals surface area contributed by atoms with Crippen LogP contribution in [0.25, 0.3) is 11.1 Å². The van der Waals surface area contributed by atoms with Gasteiger partial charge in [0, 0.05) is 23.6 Å². The molecule has 128 valence electrons. The van der Waals surface area contributed by atoms with Crippen LogP contribution in [0.15, 0.2) is 36.5 Å². The van der Waals surface area contributed by atoms with Crippen molar-refractivity contribution in [2.45, 2.75) is 13.8 Å². The van der Waals surface area contributed by atoms with Crippen molar-refractivity contribution in [1.29, 1.82) is 0 Å². The molecule has 1 heterocycles. The third-order valence-electron chi connectivity index (χ3n) is 3.08. The lowest BCUT2D eigenvalue weighted by Crippen LogP contribution is -2.24. The average molecular weight is 367 g/mol. The quantitative estimate of drug-likeness (QED) is 0.850. The van der Waals surface area contributed by atoms with Gasteiger partial charge in [-0.15, -0.1) is 0 Å². The minimum atomic E-state index is -1.39. The summed E-state index contributed by atoms with van der Waals surface area (Å²) in [6, 6.07) is 8.68. The number of benzene rings is 1. The molecule has 0 aliphatic carbocycles. The molecule has 1 aromatic carbocycles. The molecule has 0 saturated heterocycles. The number of ether oxygens (including phenoxy) is 1. The van der Waals surface area contributed by atoms with E-state index in [0.717, 1.165) is 11.1 Å². The van der Waals surface area contributed by atoms with Crippen LogP contribution in [0, 0.1) is 5.92 Å². The Hall–Kier alpha value is -1.92. The van der Waals surface area contributed by atoms with Crippen molar-refractivity contribution in [2.75, 3.05) is 12.9 Å². The zero-order valence-corrected chi connectivity index (χ0v) is 15.3. The molecule has 0 aliphatic heterocycles. The molecule has 0 spiro atoms. The second-order valence-electron chi connectivity index (χ2n) is 5.68. The zero-order valence-electron chi connectivity index (χ0n) is 13.7. The van der Waals surface area contributed by atoms with E-state index in [-0.39, 0.29) is 5.91 Å². The van der Waals surface area contributed by atoms with Crippen LogP contribution in [-0.4, -0.2) is 28.0 Å². The molecule has 5 nitrogen and oxygen atoms in total. The molecule has 0 saturated carbocycles. The molecule has 1 aromatic heterocycles. The van der Waals surface area contributed by atoms with Crippen molar-refractivity contribution in [3.05, 3.63) is 47.1 Å². The maximum Gasteiger partial charge on any atom is 0.262 e. The van der Waals surface area contributed by atoms with Gasteiger partial charge >= 0.3 is 0 Å². The molecule has 1 atom stereocenters. The summed E-state index contributed by atoms with van der Waals surface area (Å²) >= 11 is 6.22. The van der Waals surface area contributed by atoms with E-state index < -0.39 is 11.0 Å². The number of nitrogens with zero attached hydrogens (tertiary/aromatic N) is 1. The van der Waals surface area contributed by atoms with Crippen molar-refractivity contribution in [1.82, 2.24) is 9.71 Å². The molecule has 1 unspecified atom stereocenters. The Labute approximate surface area is 149 Å². The summed E-state index contributed by atoms with van der Waals surface area (Å²) in [5, 5.41) is 0.441. The molecule has 7 heteroatoms. The number of hydrogen-bond donors (Lipinski definition) is 1. The van der Waals surface area contributed by atoms with Gasteiger partial charge in [0.2, 0.25) is 5.88 Å². The van der Waals surface area contributed by atoms with Crippen LogP contribution >= 0.6 is 11.6 Å². The summed E-state index contributed by atoms with van der Waals surface area (Å²) in [5.41, 5.74) is 2.13. The fourth-order valence-electron chi connectivity index (χ4n) is 1.94. The third kappa shape index (κ3) is 5.04. The third-order valence-corrected chi connectivity index (χ3v) is 3.82. The normalized spacial score (nSPS) is 12.0. The Kier molecular flexibility index (Phi) is 6.34. The fourth-order valence-corrected chi connectivity index (χ4v) is 2.54. The van der Waals surface area contributed by atoms with E-state index >= 15 is 0 Å². The summed E-state index contributed by atoms with van der Waals surface area (Å²) in [6.45, 7) is 4.65. The first kappa shape index (κ1) is 18.4. The van der Waals surface area contributed by atoms with E-state index in [1.165, 1.54) is 6.26 Å². The average Bonchev–Trinajstić information content (AvgIpc) is 2.53. The fraction of sp³-hybridized carbons (Fsp3) is 0.294. The van der Waals surface area contributed by atoms with Gasteiger partial charge in [0.15, 0.2) is 0 Å². The number of pyridine rings is 1. The van der Waals surface area contributed by atoms with Gasteiger partial charge in [0.05, 0.1) is 6.61 Å². The Morgan fingerprint density at radius 2 is 1.96 bits per heavy atom. The predicted molar refractivity (Wildman–Crippen MR) is 96.5 cm³/mol. The van der Waals surface area contributed by atoms with E-state index in [2.05, 4.69) is 9.71 Å². The number of nitrogens with one attached hydrogen (secondary N) is 1. The number of amides is 1. The lowest BCUT2D eigenvalue weighted by Gasteiger charge is -2.10. The van der Waals surface area contributed by atoms with Gasteiger partial charge in [-0.3, -0.25) is 9.52 Å². The van der Waals surface area contributed by atoms with Crippen LogP contribution in [0.1, 0.15) is 24.2 Å². The van der Waals surface area contributed by atoms with Gasteiger partial charge in [-0.1, -0.05) is 37.6 Å². The van der Waals surface area contributed by atoms with Crippen molar-refractivity contribution in [2.24, 2.45) is 5.92 Å². The summed E-state index contributed by atoms with van der Waals surface area (Å²) in [6.07, 6.45) is 3.08. The van der Waals surface area contributed by atoms with Crippen LogP contribution in [0.5, 0.6) is 5.88 Å². The van der Waals surface area contributed by atoms with Crippen LogP contribution in [0.2, 0.25) is 5.02 Å². The molecule has 0 fully saturated rings. The number of carbonyl (C=O) groups excluding carboxylic acids is 1. The van der Waals surface area contributed by atoms with Crippen molar-refractivity contribution >= 4 is 28.5 Å².